The molecule has 0 aliphatic carbocycles. The summed E-state index contributed by atoms with van der Waals surface area (Å²) in [5, 5.41) is 3.43. The second kappa shape index (κ2) is 10.6. The summed E-state index contributed by atoms with van der Waals surface area (Å²) in [6.07, 6.45) is 1.68. The molecule has 0 bridgehead atoms. The summed E-state index contributed by atoms with van der Waals surface area (Å²) in [7, 11) is 0. The van der Waals surface area contributed by atoms with Crippen LogP contribution in [0, 0.1) is 0 Å². The van der Waals surface area contributed by atoms with Crippen molar-refractivity contribution in [2.75, 3.05) is 63.9 Å². The van der Waals surface area contributed by atoms with Crippen molar-refractivity contribution in [2.24, 2.45) is 4.99 Å². The quantitative estimate of drug-likeness (QED) is 0.368. The molecule has 3 heterocycles. The Balaban J connectivity index is 0.00000240. The maximum absolute atomic E-state index is 12.3. The van der Waals surface area contributed by atoms with E-state index >= 15 is 0 Å². The molecular weight excluding hydrogens is 481 g/mol. The summed E-state index contributed by atoms with van der Waals surface area (Å²) in [6.45, 7) is 9.98. The third-order valence-electron chi connectivity index (χ3n) is 5.87. The number of carbonyl (C=O) groups excluding carboxylic acids is 1. The smallest absolute Gasteiger partial charge is 0.231 e. The Labute approximate surface area is 190 Å². The van der Waals surface area contributed by atoms with E-state index in [1.165, 1.54) is 6.42 Å². The molecule has 2 saturated heterocycles. The largest absolute Gasteiger partial charge is 0.379 e. The van der Waals surface area contributed by atoms with Crippen LogP contribution in [0.4, 0.5) is 5.69 Å². The maximum atomic E-state index is 12.3. The van der Waals surface area contributed by atoms with Crippen molar-refractivity contribution in [3.8, 4) is 0 Å². The number of guanidine groups is 1. The lowest BCUT2D eigenvalue weighted by atomic mass is 10.2. The Morgan fingerprint density at radius 3 is 2.83 bits per heavy atom. The van der Waals surface area contributed by atoms with Crippen LogP contribution in [0.1, 0.15) is 18.9 Å². The molecule has 7 nitrogen and oxygen atoms in total. The molecule has 1 aromatic carbocycles. The molecule has 0 aromatic heterocycles. The number of likely N-dealkylation sites (tertiary alicyclic amines) is 1. The van der Waals surface area contributed by atoms with Crippen molar-refractivity contribution in [1.82, 2.24) is 15.1 Å². The normalized spacial score (nSPS) is 22.6. The second-order valence-electron chi connectivity index (χ2n) is 7.62. The Bertz CT molecular complexity index is 723. The number of benzene rings is 1. The first kappa shape index (κ1) is 22.3. The maximum Gasteiger partial charge on any atom is 0.231 e. The highest BCUT2D eigenvalue weighted by atomic mass is 127. The van der Waals surface area contributed by atoms with Gasteiger partial charge in [0, 0.05) is 51.0 Å². The first-order valence-corrected chi connectivity index (χ1v) is 10.5. The molecule has 0 spiro atoms. The van der Waals surface area contributed by atoms with Gasteiger partial charge in [0.05, 0.1) is 26.2 Å². The SMILES string of the molecule is CCNC(=NCCN1C(=O)Cc2ccccc21)N1CCC(N2CCOCC2)C1.I. The molecule has 3 aliphatic heterocycles. The molecule has 0 saturated carbocycles. The number of hydrogen-bond acceptors (Lipinski definition) is 4. The van der Waals surface area contributed by atoms with Crippen molar-refractivity contribution >= 4 is 41.5 Å². The molecule has 1 amide bonds. The van der Waals surface area contributed by atoms with E-state index in [0.29, 0.717) is 25.6 Å². The summed E-state index contributed by atoms with van der Waals surface area (Å²) in [4.78, 5) is 24.0. The van der Waals surface area contributed by atoms with Gasteiger partial charge in [0.25, 0.3) is 0 Å². The number of anilines is 1. The molecule has 1 aromatic rings. The van der Waals surface area contributed by atoms with Gasteiger partial charge in [0.1, 0.15) is 0 Å². The number of para-hydroxylation sites is 1. The van der Waals surface area contributed by atoms with Gasteiger partial charge >= 0.3 is 0 Å². The van der Waals surface area contributed by atoms with E-state index in [2.05, 4.69) is 22.0 Å². The van der Waals surface area contributed by atoms with Crippen LogP contribution in [0.15, 0.2) is 29.3 Å². The summed E-state index contributed by atoms with van der Waals surface area (Å²) in [6, 6.07) is 8.64. The number of amides is 1. The number of morpholine rings is 1. The van der Waals surface area contributed by atoms with Gasteiger partial charge in [-0.25, -0.2) is 0 Å². The Morgan fingerprint density at radius 1 is 1.24 bits per heavy atom. The fourth-order valence-electron chi connectivity index (χ4n) is 4.42. The minimum atomic E-state index is 0. The summed E-state index contributed by atoms with van der Waals surface area (Å²) < 4.78 is 5.48. The average molecular weight is 513 g/mol. The molecular formula is C21H32IN5O2. The third-order valence-corrected chi connectivity index (χ3v) is 5.87. The standard InChI is InChI=1S/C21H31N5O2.HI/c1-2-22-21(25-9-7-18(16-25)24-11-13-28-14-12-24)23-8-10-26-19-6-4-3-5-17(19)15-20(26)27;/h3-6,18H,2,7-16H2,1H3,(H,22,23);1H. The predicted molar refractivity (Wildman–Crippen MR) is 126 cm³/mol. The van der Waals surface area contributed by atoms with Crippen LogP contribution in [0.5, 0.6) is 0 Å². The van der Waals surface area contributed by atoms with Crippen molar-refractivity contribution in [3.63, 3.8) is 0 Å². The van der Waals surface area contributed by atoms with Crippen LogP contribution < -0.4 is 10.2 Å². The topological polar surface area (TPSA) is 60.4 Å². The van der Waals surface area contributed by atoms with Crippen molar-refractivity contribution in [1.29, 1.82) is 0 Å². The number of hydrogen-bond donors (Lipinski definition) is 1. The zero-order valence-corrected chi connectivity index (χ0v) is 19.5. The van der Waals surface area contributed by atoms with Crippen molar-refractivity contribution in [2.45, 2.75) is 25.8 Å². The van der Waals surface area contributed by atoms with Crippen LogP contribution in [0.2, 0.25) is 0 Å². The van der Waals surface area contributed by atoms with Crippen LogP contribution in [-0.2, 0) is 16.0 Å². The summed E-state index contributed by atoms with van der Waals surface area (Å²) in [5.41, 5.74) is 2.16. The minimum absolute atomic E-state index is 0. The predicted octanol–water partition coefficient (Wildman–Crippen LogP) is 1.57. The monoisotopic (exact) mass is 513 g/mol. The van der Waals surface area contributed by atoms with E-state index in [1.807, 2.05) is 29.2 Å². The molecule has 160 valence electrons. The van der Waals surface area contributed by atoms with Crippen molar-refractivity contribution < 1.29 is 9.53 Å². The van der Waals surface area contributed by atoms with Gasteiger partial charge in [-0.2, -0.15) is 0 Å². The first-order valence-electron chi connectivity index (χ1n) is 10.5. The average Bonchev–Trinajstić information content (AvgIpc) is 3.33. The Morgan fingerprint density at radius 2 is 2.03 bits per heavy atom. The number of halogens is 1. The molecule has 3 aliphatic rings. The Hall–Kier alpha value is -1.39. The molecule has 29 heavy (non-hydrogen) atoms. The Kier molecular flexibility index (Phi) is 8.14. The molecule has 0 radical (unpaired) electrons. The molecule has 2 fully saturated rings. The fraction of sp³-hybridized carbons (Fsp3) is 0.619. The van der Waals surface area contributed by atoms with Crippen molar-refractivity contribution in [3.05, 3.63) is 29.8 Å². The van der Waals surface area contributed by atoms with Crippen LogP contribution in [0.25, 0.3) is 0 Å². The zero-order chi connectivity index (χ0) is 19.3. The van der Waals surface area contributed by atoms with Gasteiger partial charge in [-0.1, -0.05) is 18.2 Å². The number of nitrogens with one attached hydrogen (secondary N) is 1. The van der Waals surface area contributed by atoms with E-state index in [1.54, 1.807) is 0 Å². The molecule has 4 rings (SSSR count). The second-order valence-corrected chi connectivity index (χ2v) is 7.62. The summed E-state index contributed by atoms with van der Waals surface area (Å²) >= 11 is 0. The number of carbonyl (C=O) groups is 1. The lowest BCUT2D eigenvalue weighted by Gasteiger charge is -2.32. The summed E-state index contributed by atoms with van der Waals surface area (Å²) in [5.74, 6) is 1.15. The zero-order valence-electron chi connectivity index (χ0n) is 17.2. The van der Waals surface area contributed by atoms with E-state index in [0.717, 1.165) is 63.1 Å². The van der Waals surface area contributed by atoms with E-state index in [-0.39, 0.29) is 29.9 Å². The number of aliphatic imine (C=N–C) groups is 1. The molecule has 1 N–H and O–H groups in total. The molecule has 1 atom stereocenters. The van der Waals surface area contributed by atoms with E-state index in [9.17, 15) is 4.79 Å². The fourth-order valence-corrected chi connectivity index (χ4v) is 4.42. The lowest BCUT2D eigenvalue weighted by Crippen LogP contribution is -2.46. The van der Waals surface area contributed by atoms with Crippen LogP contribution >= 0.6 is 24.0 Å². The highest BCUT2D eigenvalue weighted by molar-refractivity contribution is 14.0. The first-order chi connectivity index (χ1) is 13.8. The number of fused-ring (bicyclic) bond motifs is 1. The number of ether oxygens (including phenoxy) is 1. The van der Waals surface area contributed by atoms with Crippen LogP contribution in [-0.4, -0.2) is 86.7 Å². The van der Waals surface area contributed by atoms with Gasteiger partial charge in [-0.15, -0.1) is 24.0 Å². The van der Waals surface area contributed by atoms with E-state index < -0.39 is 0 Å². The van der Waals surface area contributed by atoms with Gasteiger partial charge in [0.15, 0.2) is 5.96 Å². The van der Waals surface area contributed by atoms with E-state index in [4.69, 9.17) is 9.73 Å². The van der Waals surface area contributed by atoms with Gasteiger partial charge in [-0.05, 0) is 25.0 Å². The minimum Gasteiger partial charge on any atom is -0.379 e. The van der Waals surface area contributed by atoms with Crippen LogP contribution in [0.3, 0.4) is 0 Å². The molecule has 1 unspecified atom stereocenters. The third kappa shape index (κ3) is 5.21. The number of rotatable bonds is 5. The highest BCUT2D eigenvalue weighted by Gasteiger charge is 2.30. The highest BCUT2D eigenvalue weighted by Crippen LogP contribution is 2.27. The van der Waals surface area contributed by atoms with Gasteiger partial charge < -0.3 is 19.9 Å². The molecule has 8 heteroatoms. The van der Waals surface area contributed by atoms with Gasteiger partial charge in [0.2, 0.25) is 5.91 Å². The number of nitrogens with zero attached hydrogens (tertiary/aromatic N) is 4. The lowest BCUT2D eigenvalue weighted by molar-refractivity contribution is -0.117. The van der Waals surface area contributed by atoms with Gasteiger partial charge in [-0.3, -0.25) is 14.7 Å².